The zero-order valence-electron chi connectivity index (χ0n) is 24.5. The molecule has 0 radical (unpaired) electrons. The van der Waals surface area contributed by atoms with Gasteiger partial charge in [0.15, 0.2) is 17.6 Å². The van der Waals surface area contributed by atoms with E-state index in [1.165, 1.54) is 0 Å². The minimum atomic E-state index is 0.0586. The first kappa shape index (κ1) is 26.7. The Kier molecular flexibility index (Phi) is 6.69. The summed E-state index contributed by atoms with van der Waals surface area (Å²) in [5.74, 6) is 1.55. The van der Waals surface area contributed by atoms with Gasteiger partial charge in [0.1, 0.15) is 29.2 Å². The van der Waals surface area contributed by atoms with Crippen LogP contribution in [0.3, 0.4) is 0 Å². The number of hydrogen-bond acceptors (Lipinski definition) is 3. The SMILES string of the molecule is O=C(C[n+]1cn(CC=C(c2cc3ccccc3o2)c2cc3ccccc3o2)c2ccccc21)c1ccc(-c2ccccc2)cc1. The fourth-order valence-corrected chi connectivity index (χ4v) is 5.98. The van der Waals surface area contributed by atoms with E-state index in [9.17, 15) is 4.79 Å². The highest BCUT2D eigenvalue weighted by Gasteiger charge is 2.20. The number of allylic oxidation sites excluding steroid dienone is 1. The van der Waals surface area contributed by atoms with Gasteiger partial charge in [0.05, 0.1) is 5.57 Å². The van der Waals surface area contributed by atoms with Crippen LogP contribution in [0.5, 0.6) is 0 Å². The summed E-state index contributed by atoms with van der Waals surface area (Å²) in [6, 6.07) is 46.4. The van der Waals surface area contributed by atoms with Crippen LogP contribution in [0.2, 0.25) is 0 Å². The summed E-state index contributed by atoms with van der Waals surface area (Å²) in [5, 5.41) is 2.07. The van der Waals surface area contributed by atoms with Crippen molar-refractivity contribution in [2.24, 2.45) is 0 Å². The smallest absolute Gasteiger partial charge is 0.245 e. The van der Waals surface area contributed by atoms with Crippen LogP contribution in [-0.2, 0) is 13.1 Å². The van der Waals surface area contributed by atoms with E-state index in [-0.39, 0.29) is 12.3 Å². The van der Waals surface area contributed by atoms with E-state index in [0.29, 0.717) is 12.1 Å². The molecule has 0 atom stereocenters. The summed E-state index contributed by atoms with van der Waals surface area (Å²) in [4.78, 5) is 13.5. The number of aromatic nitrogens is 2. The Morgan fingerprint density at radius 2 is 1.22 bits per heavy atom. The molecule has 0 aliphatic carbocycles. The van der Waals surface area contributed by atoms with Gasteiger partial charge in [0.25, 0.3) is 0 Å². The van der Waals surface area contributed by atoms with Crippen LogP contribution in [0.4, 0.5) is 0 Å². The molecule has 216 valence electrons. The zero-order chi connectivity index (χ0) is 30.2. The number of imidazole rings is 1. The number of benzene rings is 5. The number of hydrogen-bond donors (Lipinski definition) is 0. The van der Waals surface area contributed by atoms with Gasteiger partial charge < -0.3 is 8.83 Å². The Hall–Kier alpha value is -5.94. The summed E-state index contributed by atoms with van der Waals surface area (Å²) in [5.41, 5.74) is 7.48. The van der Waals surface area contributed by atoms with Crippen LogP contribution < -0.4 is 4.57 Å². The quantitative estimate of drug-likeness (QED) is 0.132. The molecule has 3 aromatic heterocycles. The second-order valence-electron chi connectivity index (χ2n) is 11.2. The minimum absolute atomic E-state index is 0.0586. The molecular weight excluding hydrogens is 556 g/mol. The molecule has 0 fully saturated rings. The molecule has 5 nitrogen and oxygen atoms in total. The molecule has 8 rings (SSSR count). The lowest BCUT2D eigenvalue weighted by molar-refractivity contribution is -0.657. The maximum Gasteiger partial charge on any atom is 0.245 e. The molecule has 0 amide bonds. The van der Waals surface area contributed by atoms with Crippen LogP contribution in [0.25, 0.3) is 49.7 Å². The Morgan fingerprint density at radius 1 is 0.644 bits per heavy atom. The highest BCUT2D eigenvalue weighted by Crippen LogP contribution is 2.33. The maximum absolute atomic E-state index is 13.5. The molecule has 5 aromatic carbocycles. The predicted molar refractivity (Wildman–Crippen MR) is 178 cm³/mol. The third-order valence-corrected chi connectivity index (χ3v) is 8.28. The fourth-order valence-electron chi connectivity index (χ4n) is 5.98. The molecule has 0 saturated heterocycles. The number of rotatable bonds is 8. The van der Waals surface area contributed by atoms with Crippen molar-refractivity contribution in [2.45, 2.75) is 13.1 Å². The van der Waals surface area contributed by atoms with Gasteiger partial charge in [0, 0.05) is 16.3 Å². The van der Waals surface area contributed by atoms with Crippen molar-refractivity contribution in [3.05, 3.63) is 169 Å². The van der Waals surface area contributed by atoms with Crippen molar-refractivity contribution in [2.75, 3.05) is 0 Å². The molecule has 3 heterocycles. The summed E-state index contributed by atoms with van der Waals surface area (Å²) < 4.78 is 16.8. The van der Waals surface area contributed by atoms with Crippen molar-refractivity contribution in [3.8, 4) is 11.1 Å². The van der Waals surface area contributed by atoms with Gasteiger partial charge in [0.2, 0.25) is 12.1 Å². The molecule has 0 bridgehead atoms. The van der Waals surface area contributed by atoms with Crippen molar-refractivity contribution >= 4 is 44.3 Å². The molecule has 5 heteroatoms. The average molecular weight is 586 g/mol. The van der Waals surface area contributed by atoms with Gasteiger partial charge >= 0.3 is 0 Å². The Balaban J connectivity index is 1.13. The van der Waals surface area contributed by atoms with E-state index in [0.717, 1.165) is 61.2 Å². The second-order valence-corrected chi connectivity index (χ2v) is 11.2. The maximum atomic E-state index is 13.5. The lowest BCUT2D eigenvalue weighted by Crippen LogP contribution is -2.36. The van der Waals surface area contributed by atoms with Crippen LogP contribution in [0, 0.1) is 0 Å². The molecule has 0 N–H and O–H groups in total. The van der Waals surface area contributed by atoms with Gasteiger partial charge in [-0.05, 0) is 53.6 Å². The number of Topliss-reactive ketones (excluding diaryl/α,β-unsaturated/α-hetero) is 1. The first-order valence-corrected chi connectivity index (χ1v) is 15.0. The largest absolute Gasteiger partial charge is 0.456 e. The number of fused-ring (bicyclic) bond motifs is 3. The Morgan fingerprint density at radius 3 is 1.89 bits per heavy atom. The van der Waals surface area contributed by atoms with Crippen molar-refractivity contribution in [1.29, 1.82) is 0 Å². The molecular formula is C40H29N2O3+. The molecule has 0 spiro atoms. The van der Waals surface area contributed by atoms with Crippen molar-refractivity contribution in [3.63, 3.8) is 0 Å². The summed E-state index contributed by atoms with van der Waals surface area (Å²) in [6.45, 7) is 0.790. The van der Waals surface area contributed by atoms with Crippen LogP contribution in [-0.4, -0.2) is 10.4 Å². The average Bonchev–Trinajstić information content (AvgIpc) is 3.81. The van der Waals surface area contributed by atoms with E-state index in [1.807, 2.05) is 114 Å². The molecule has 0 saturated carbocycles. The molecule has 8 aromatic rings. The van der Waals surface area contributed by atoms with E-state index < -0.39 is 0 Å². The van der Waals surface area contributed by atoms with Gasteiger partial charge in [-0.15, -0.1) is 0 Å². The zero-order valence-corrected chi connectivity index (χ0v) is 24.5. The highest BCUT2D eigenvalue weighted by molar-refractivity contribution is 5.96. The second kappa shape index (κ2) is 11.3. The van der Waals surface area contributed by atoms with E-state index in [4.69, 9.17) is 8.83 Å². The van der Waals surface area contributed by atoms with Gasteiger partial charge in [-0.3, -0.25) is 4.79 Å². The predicted octanol–water partition coefficient (Wildman–Crippen LogP) is 9.10. The number of carbonyl (C=O) groups excluding carboxylic acids is 1. The highest BCUT2D eigenvalue weighted by atomic mass is 16.4. The Labute approximate surface area is 259 Å². The monoisotopic (exact) mass is 585 g/mol. The van der Waals surface area contributed by atoms with Crippen LogP contribution in [0.15, 0.2) is 161 Å². The number of para-hydroxylation sites is 4. The summed E-state index contributed by atoms with van der Waals surface area (Å²) in [6.07, 6.45) is 4.16. The number of nitrogens with zero attached hydrogens (tertiary/aromatic N) is 2. The van der Waals surface area contributed by atoms with Gasteiger partial charge in [-0.1, -0.05) is 103 Å². The van der Waals surface area contributed by atoms with E-state index in [1.54, 1.807) is 0 Å². The summed E-state index contributed by atoms with van der Waals surface area (Å²) in [7, 11) is 0. The standard InChI is InChI=1S/C40H29N2O3/c43-36(30-20-18-29(19-21-30)28-10-2-1-3-11-28)26-42-27-41(34-14-6-7-15-35(34)42)23-22-33(39-24-31-12-4-8-16-37(31)44-39)40-25-32-13-5-9-17-38(32)45-40/h1-22,24-25,27H,23,26H2/q+1. The molecule has 0 aliphatic rings. The minimum Gasteiger partial charge on any atom is -0.456 e. The van der Waals surface area contributed by atoms with Crippen molar-refractivity contribution < 1.29 is 18.2 Å². The summed E-state index contributed by atoms with van der Waals surface area (Å²) >= 11 is 0. The van der Waals surface area contributed by atoms with Crippen LogP contribution >= 0.6 is 0 Å². The number of carbonyl (C=O) groups is 1. The Bertz CT molecular complexity index is 2190. The molecule has 0 unspecified atom stereocenters. The topological polar surface area (TPSA) is 52.2 Å². The molecule has 0 aliphatic heterocycles. The van der Waals surface area contributed by atoms with Crippen LogP contribution in [0.1, 0.15) is 21.9 Å². The van der Waals surface area contributed by atoms with Crippen molar-refractivity contribution in [1.82, 2.24) is 4.57 Å². The lowest BCUT2D eigenvalue weighted by Gasteiger charge is -2.03. The van der Waals surface area contributed by atoms with Gasteiger partial charge in [-0.25, -0.2) is 9.13 Å². The first-order valence-electron chi connectivity index (χ1n) is 15.0. The van der Waals surface area contributed by atoms with E-state index in [2.05, 4.69) is 47.0 Å². The third kappa shape index (κ3) is 5.15. The third-order valence-electron chi connectivity index (χ3n) is 8.28. The number of furan rings is 2. The van der Waals surface area contributed by atoms with Gasteiger partial charge in [-0.2, -0.15) is 0 Å². The first-order chi connectivity index (χ1) is 22.2. The lowest BCUT2D eigenvalue weighted by atomic mass is 10.0. The molecule has 45 heavy (non-hydrogen) atoms. The van der Waals surface area contributed by atoms with E-state index >= 15 is 0 Å². The fraction of sp³-hybridized carbons (Fsp3) is 0.0500. The number of ketones is 1. The normalized spacial score (nSPS) is 11.4.